The number of benzene rings is 1. The first-order valence-electron chi connectivity index (χ1n) is 9.82. The molecule has 0 bridgehead atoms. The van der Waals surface area contributed by atoms with E-state index in [2.05, 4.69) is 15.3 Å². The number of carbonyl (C=O) groups excluding carboxylic acids is 1. The van der Waals surface area contributed by atoms with Gasteiger partial charge in [0, 0.05) is 19.0 Å². The zero-order chi connectivity index (χ0) is 24.6. The van der Waals surface area contributed by atoms with Crippen molar-refractivity contribution in [2.75, 3.05) is 31.2 Å². The van der Waals surface area contributed by atoms with E-state index in [1.807, 2.05) is 31.2 Å². The molecule has 2 N–H and O–H groups in total. The van der Waals surface area contributed by atoms with Gasteiger partial charge in [0.05, 0.1) is 25.2 Å². The average Bonchev–Trinajstić information content (AvgIpc) is 2.71. The second kappa shape index (κ2) is 11.3. The van der Waals surface area contributed by atoms with Gasteiger partial charge in [-0.3, -0.25) is 4.55 Å². The molecule has 0 spiro atoms. The number of likely N-dealkylation sites (tertiary alicyclic amines) is 1. The van der Waals surface area contributed by atoms with Crippen LogP contribution in [0.15, 0.2) is 36.7 Å². The van der Waals surface area contributed by atoms with E-state index in [0.29, 0.717) is 6.26 Å². The van der Waals surface area contributed by atoms with Crippen molar-refractivity contribution in [2.45, 2.75) is 25.9 Å². The molecule has 1 amide bonds. The molecule has 0 saturated carbocycles. The number of nitrogens with zero attached hydrogens (tertiary/aromatic N) is 3. The van der Waals surface area contributed by atoms with Crippen molar-refractivity contribution < 1.29 is 35.7 Å². The molecule has 0 radical (unpaired) electrons. The Morgan fingerprint density at radius 2 is 1.85 bits per heavy atom. The molecule has 2 aromatic rings. The van der Waals surface area contributed by atoms with Crippen LogP contribution >= 0.6 is 0 Å². The highest BCUT2D eigenvalue weighted by Gasteiger charge is 2.46. The number of aromatic nitrogens is 2. The Balaban J connectivity index is 0.000000696. The van der Waals surface area contributed by atoms with Crippen molar-refractivity contribution in [3.8, 4) is 0 Å². The summed E-state index contributed by atoms with van der Waals surface area (Å²) in [5.41, 5.74) is 1.88. The Labute approximate surface area is 189 Å². The van der Waals surface area contributed by atoms with Gasteiger partial charge >= 0.3 is 6.09 Å². The minimum absolute atomic E-state index is 0.0358. The van der Waals surface area contributed by atoms with Crippen LogP contribution in [0.2, 0.25) is 0 Å². The van der Waals surface area contributed by atoms with E-state index in [9.17, 15) is 26.4 Å². The lowest BCUT2D eigenvalue weighted by Gasteiger charge is -2.37. The molecular formula is C20H25F3N4O5S. The maximum absolute atomic E-state index is 14.5. The van der Waals surface area contributed by atoms with Crippen LogP contribution in [0.4, 0.5) is 23.9 Å². The van der Waals surface area contributed by atoms with Crippen LogP contribution < -0.4 is 5.32 Å². The number of carbonyl (C=O) groups is 1. The lowest BCUT2D eigenvalue weighted by molar-refractivity contribution is -0.102. The van der Waals surface area contributed by atoms with Gasteiger partial charge in [0.2, 0.25) is 5.95 Å². The first-order valence-corrected chi connectivity index (χ1v) is 11.7. The Morgan fingerprint density at radius 3 is 2.39 bits per heavy atom. The first kappa shape index (κ1) is 26.3. The number of aryl methyl sites for hydroxylation is 1. The van der Waals surface area contributed by atoms with E-state index in [-0.39, 0.29) is 32.1 Å². The summed E-state index contributed by atoms with van der Waals surface area (Å²) in [5, 5.41) is 2.69. The third-order valence-corrected chi connectivity index (χ3v) is 4.61. The monoisotopic (exact) mass is 490 g/mol. The first-order chi connectivity index (χ1) is 15.3. The van der Waals surface area contributed by atoms with Gasteiger partial charge in [0.25, 0.3) is 16.0 Å². The van der Waals surface area contributed by atoms with E-state index in [1.54, 1.807) is 0 Å². The number of ether oxygens (including phenoxy) is 1. The van der Waals surface area contributed by atoms with Gasteiger partial charge < -0.3 is 15.0 Å². The number of rotatable bonds is 5. The molecule has 3 rings (SSSR count). The predicted octanol–water partition coefficient (Wildman–Crippen LogP) is 3.13. The van der Waals surface area contributed by atoms with Gasteiger partial charge in [-0.15, -0.1) is 0 Å². The normalized spacial score (nSPS) is 17.5. The highest BCUT2D eigenvalue weighted by molar-refractivity contribution is 7.85. The molecular weight excluding hydrogens is 465 g/mol. The van der Waals surface area contributed by atoms with Crippen molar-refractivity contribution in [2.24, 2.45) is 5.92 Å². The number of amides is 1. The van der Waals surface area contributed by atoms with Gasteiger partial charge in [-0.05, 0) is 18.9 Å². The van der Waals surface area contributed by atoms with Gasteiger partial charge in [0.15, 0.2) is 5.82 Å². The summed E-state index contributed by atoms with van der Waals surface area (Å²) < 4.78 is 72.7. The summed E-state index contributed by atoms with van der Waals surface area (Å²) in [7, 11) is -3.67. The minimum atomic E-state index is -3.67. The van der Waals surface area contributed by atoms with Crippen LogP contribution in [0.5, 0.6) is 0 Å². The van der Waals surface area contributed by atoms with Crippen molar-refractivity contribution >= 4 is 22.2 Å². The number of piperidine rings is 1. The van der Waals surface area contributed by atoms with E-state index in [4.69, 9.17) is 9.29 Å². The number of hydrogen-bond acceptors (Lipinski definition) is 7. The van der Waals surface area contributed by atoms with E-state index in [0.717, 1.165) is 28.4 Å². The molecule has 13 heteroatoms. The third-order valence-electron chi connectivity index (χ3n) is 4.61. The second-order valence-corrected chi connectivity index (χ2v) is 9.01. The highest BCUT2D eigenvalue weighted by atomic mass is 32.2. The zero-order valence-corrected chi connectivity index (χ0v) is 18.9. The SMILES string of the molecule is CS(=O)(=O)O.Cc1ccc(COC(=O)N2CC[C@H](CNc3ncc(F)cn3)C(F)(F)C2)cc1. The van der Waals surface area contributed by atoms with Gasteiger partial charge in [-0.2, -0.15) is 8.42 Å². The highest BCUT2D eigenvalue weighted by Crippen LogP contribution is 2.33. The molecule has 33 heavy (non-hydrogen) atoms. The molecule has 182 valence electrons. The molecule has 1 saturated heterocycles. The molecule has 1 aliphatic rings. The summed E-state index contributed by atoms with van der Waals surface area (Å²) in [6.07, 6.45) is 1.97. The topological polar surface area (TPSA) is 122 Å². The number of nitrogens with one attached hydrogen (secondary N) is 1. The maximum atomic E-state index is 14.5. The number of halogens is 3. The van der Waals surface area contributed by atoms with Gasteiger partial charge in [-0.25, -0.2) is 27.9 Å². The van der Waals surface area contributed by atoms with Crippen molar-refractivity contribution in [1.82, 2.24) is 14.9 Å². The van der Waals surface area contributed by atoms with Gasteiger partial charge in [0.1, 0.15) is 6.61 Å². The molecule has 1 aromatic heterocycles. The average molecular weight is 491 g/mol. The van der Waals surface area contributed by atoms with E-state index >= 15 is 0 Å². The fourth-order valence-electron chi connectivity index (χ4n) is 2.93. The summed E-state index contributed by atoms with van der Waals surface area (Å²) in [6, 6.07) is 7.43. The van der Waals surface area contributed by atoms with Crippen LogP contribution in [0.1, 0.15) is 17.5 Å². The largest absolute Gasteiger partial charge is 0.445 e. The fraction of sp³-hybridized carbons (Fsp3) is 0.450. The molecule has 1 fully saturated rings. The van der Waals surface area contributed by atoms with Crippen LogP contribution in [-0.2, 0) is 21.5 Å². The smallest absolute Gasteiger partial charge is 0.410 e. The lowest BCUT2D eigenvalue weighted by Crippen LogP contribution is -2.52. The Kier molecular flexibility index (Phi) is 8.99. The van der Waals surface area contributed by atoms with E-state index < -0.39 is 40.4 Å². The molecule has 1 aromatic carbocycles. The van der Waals surface area contributed by atoms with E-state index in [1.165, 1.54) is 0 Å². The standard InChI is InChI=1S/C19H21F3N4O2.CH4O3S/c1-13-2-4-14(5-3-13)11-28-18(27)26-7-6-15(19(21,22)12-26)8-23-17-24-9-16(20)10-25-17;1-5(2,3)4/h2-5,9-10,15H,6-8,11-12H2,1H3,(H,23,24,25);1H3,(H,2,3,4)/t15-;/m1./s1. The van der Waals surface area contributed by atoms with Crippen LogP contribution in [0.3, 0.4) is 0 Å². The Morgan fingerprint density at radius 1 is 1.27 bits per heavy atom. The summed E-state index contributed by atoms with van der Waals surface area (Å²) in [4.78, 5) is 20.5. The number of hydrogen-bond donors (Lipinski definition) is 2. The lowest BCUT2D eigenvalue weighted by atomic mass is 9.93. The van der Waals surface area contributed by atoms with Crippen molar-refractivity contribution in [1.29, 1.82) is 0 Å². The van der Waals surface area contributed by atoms with Crippen molar-refractivity contribution in [3.05, 3.63) is 53.6 Å². The van der Waals surface area contributed by atoms with Crippen LogP contribution in [-0.4, -0.2) is 65.7 Å². The molecule has 1 aliphatic heterocycles. The molecule has 1 atom stereocenters. The number of alkyl halides is 2. The molecule has 2 heterocycles. The van der Waals surface area contributed by atoms with Crippen LogP contribution in [0.25, 0.3) is 0 Å². The second-order valence-electron chi connectivity index (χ2n) is 7.55. The number of anilines is 1. The fourth-order valence-corrected chi connectivity index (χ4v) is 2.93. The Bertz CT molecular complexity index is 1010. The summed E-state index contributed by atoms with van der Waals surface area (Å²) in [6.45, 7) is 1.35. The molecule has 9 nitrogen and oxygen atoms in total. The molecule has 0 aliphatic carbocycles. The zero-order valence-electron chi connectivity index (χ0n) is 18.0. The van der Waals surface area contributed by atoms with Crippen molar-refractivity contribution in [3.63, 3.8) is 0 Å². The molecule has 0 unspecified atom stereocenters. The summed E-state index contributed by atoms with van der Waals surface area (Å²) in [5.74, 6) is -4.61. The van der Waals surface area contributed by atoms with Gasteiger partial charge in [-0.1, -0.05) is 29.8 Å². The maximum Gasteiger partial charge on any atom is 0.410 e. The predicted molar refractivity (Wildman–Crippen MR) is 114 cm³/mol. The Hall–Kier alpha value is -2.93. The summed E-state index contributed by atoms with van der Waals surface area (Å²) >= 11 is 0. The quantitative estimate of drug-likeness (QED) is 0.613. The third kappa shape index (κ3) is 9.61. The minimum Gasteiger partial charge on any atom is -0.445 e. The van der Waals surface area contributed by atoms with Crippen LogP contribution in [0, 0.1) is 18.7 Å².